The summed E-state index contributed by atoms with van der Waals surface area (Å²) in [6.45, 7) is 3.99. The fourth-order valence-electron chi connectivity index (χ4n) is 2.52. The number of aryl methyl sites for hydroxylation is 2. The number of rotatable bonds is 4. The third-order valence-corrected chi connectivity index (χ3v) is 3.74. The van der Waals surface area contributed by atoms with E-state index in [2.05, 4.69) is 5.43 Å². The van der Waals surface area contributed by atoms with Gasteiger partial charge in [-0.2, -0.15) is 0 Å². The molecule has 112 valence electrons. The Kier molecular flexibility index (Phi) is 4.83. The molecule has 0 aromatic heterocycles. The second-order valence-electron chi connectivity index (χ2n) is 4.97. The lowest BCUT2D eigenvalue weighted by Gasteiger charge is -2.22. The number of nitrogens with two attached hydrogens (primary N) is 1. The lowest BCUT2D eigenvalue weighted by atomic mass is 9.93. The average molecular weight is 309 g/mol. The number of benzene rings is 2. The van der Waals surface area contributed by atoms with Gasteiger partial charge in [0.1, 0.15) is 11.6 Å². The summed E-state index contributed by atoms with van der Waals surface area (Å²) in [6.07, 6.45) is 0. The molecule has 5 heteroatoms. The Bertz CT molecular complexity index is 661. The summed E-state index contributed by atoms with van der Waals surface area (Å²) in [5, 5.41) is 0.0662. The first kappa shape index (κ1) is 15.8. The van der Waals surface area contributed by atoms with Crippen molar-refractivity contribution in [1.29, 1.82) is 0 Å². The van der Waals surface area contributed by atoms with Crippen LogP contribution in [0.1, 0.15) is 28.3 Å². The summed E-state index contributed by atoms with van der Waals surface area (Å²) >= 11 is 5.87. The van der Waals surface area contributed by atoms with Gasteiger partial charge < -0.3 is 4.74 Å². The Morgan fingerprint density at radius 1 is 1.24 bits per heavy atom. The molecule has 3 N–H and O–H groups in total. The van der Waals surface area contributed by atoms with Gasteiger partial charge in [0.15, 0.2) is 0 Å². The van der Waals surface area contributed by atoms with E-state index in [0.29, 0.717) is 0 Å². The molecule has 1 unspecified atom stereocenters. The van der Waals surface area contributed by atoms with Crippen molar-refractivity contribution in [2.75, 3.05) is 7.11 Å². The molecule has 2 aromatic rings. The number of methoxy groups -OCH3 is 1. The van der Waals surface area contributed by atoms with Crippen LogP contribution in [0, 0.1) is 19.7 Å². The molecular weight excluding hydrogens is 291 g/mol. The highest BCUT2D eigenvalue weighted by atomic mass is 35.5. The van der Waals surface area contributed by atoms with Gasteiger partial charge in [0.2, 0.25) is 0 Å². The van der Waals surface area contributed by atoms with Crippen LogP contribution in [0.2, 0.25) is 5.02 Å². The van der Waals surface area contributed by atoms with Crippen molar-refractivity contribution < 1.29 is 9.13 Å². The number of nitrogens with one attached hydrogen (secondary N) is 1. The van der Waals surface area contributed by atoms with Crippen LogP contribution in [0.5, 0.6) is 5.75 Å². The van der Waals surface area contributed by atoms with Crippen molar-refractivity contribution in [3.63, 3.8) is 0 Å². The van der Waals surface area contributed by atoms with Crippen molar-refractivity contribution in [3.05, 3.63) is 63.4 Å². The van der Waals surface area contributed by atoms with Gasteiger partial charge in [-0.1, -0.05) is 23.7 Å². The molecule has 0 saturated carbocycles. The normalized spacial score (nSPS) is 12.3. The molecule has 1 atom stereocenters. The maximum Gasteiger partial charge on any atom is 0.141 e. The molecule has 21 heavy (non-hydrogen) atoms. The largest absolute Gasteiger partial charge is 0.496 e. The van der Waals surface area contributed by atoms with E-state index in [1.807, 2.05) is 26.0 Å². The monoisotopic (exact) mass is 308 g/mol. The minimum atomic E-state index is -0.455. The SMILES string of the molecule is COc1cc(C)cc(C)c1C(NN)c1ccc(F)c(Cl)c1. The van der Waals surface area contributed by atoms with Crippen LogP contribution in [-0.2, 0) is 0 Å². The molecule has 0 spiro atoms. The molecule has 0 amide bonds. The van der Waals surface area contributed by atoms with Crippen molar-refractivity contribution in [1.82, 2.24) is 5.43 Å². The molecule has 0 aliphatic rings. The lowest BCUT2D eigenvalue weighted by Crippen LogP contribution is -2.29. The standard InChI is InChI=1S/C16H18ClFN2O/c1-9-6-10(2)15(14(7-9)21-3)16(20-19)11-4-5-13(18)12(17)8-11/h4-8,16,20H,19H2,1-3H3. The molecular formula is C16H18ClFN2O. The first-order chi connectivity index (χ1) is 9.97. The van der Waals surface area contributed by atoms with Gasteiger partial charge in [-0.3, -0.25) is 5.84 Å². The predicted octanol–water partition coefficient (Wildman–Crippen LogP) is 3.66. The third kappa shape index (κ3) is 3.18. The summed E-state index contributed by atoms with van der Waals surface area (Å²) in [6, 6.07) is 8.21. The highest BCUT2D eigenvalue weighted by molar-refractivity contribution is 6.30. The minimum Gasteiger partial charge on any atom is -0.496 e. The van der Waals surface area contributed by atoms with Crippen LogP contribution in [0.15, 0.2) is 30.3 Å². The average Bonchev–Trinajstić information content (AvgIpc) is 2.45. The van der Waals surface area contributed by atoms with Crippen molar-refractivity contribution in [3.8, 4) is 5.75 Å². The summed E-state index contributed by atoms with van der Waals surface area (Å²) in [4.78, 5) is 0. The molecule has 0 radical (unpaired) electrons. The Morgan fingerprint density at radius 2 is 1.95 bits per heavy atom. The van der Waals surface area contributed by atoms with Crippen LogP contribution >= 0.6 is 11.6 Å². The summed E-state index contributed by atoms with van der Waals surface area (Å²) in [5.74, 6) is 5.99. The lowest BCUT2D eigenvalue weighted by molar-refractivity contribution is 0.403. The quantitative estimate of drug-likeness (QED) is 0.669. The van der Waals surface area contributed by atoms with E-state index < -0.39 is 5.82 Å². The number of hydrogen-bond acceptors (Lipinski definition) is 3. The second-order valence-corrected chi connectivity index (χ2v) is 5.38. The van der Waals surface area contributed by atoms with Gasteiger partial charge in [0, 0.05) is 5.56 Å². The van der Waals surface area contributed by atoms with Crippen LogP contribution in [-0.4, -0.2) is 7.11 Å². The van der Waals surface area contributed by atoms with E-state index in [4.69, 9.17) is 22.2 Å². The van der Waals surface area contributed by atoms with Crippen LogP contribution in [0.25, 0.3) is 0 Å². The van der Waals surface area contributed by atoms with E-state index in [1.54, 1.807) is 19.2 Å². The van der Waals surface area contributed by atoms with Gasteiger partial charge in [0.05, 0.1) is 18.2 Å². The second kappa shape index (κ2) is 6.43. The van der Waals surface area contributed by atoms with Crippen LogP contribution in [0.3, 0.4) is 0 Å². The number of hydrogen-bond donors (Lipinski definition) is 2. The smallest absolute Gasteiger partial charge is 0.141 e. The zero-order chi connectivity index (χ0) is 15.6. The summed E-state index contributed by atoms with van der Waals surface area (Å²) in [7, 11) is 1.61. The Hall–Kier alpha value is -1.62. The molecule has 2 rings (SSSR count). The minimum absolute atomic E-state index is 0.0662. The first-order valence-electron chi connectivity index (χ1n) is 6.54. The predicted molar refractivity (Wildman–Crippen MR) is 83.0 cm³/mol. The summed E-state index contributed by atoms with van der Waals surface area (Å²) in [5.41, 5.74) is 6.57. The zero-order valence-corrected chi connectivity index (χ0v) is 13.0. The maximum atomic E-state index is 13.3. The third-order valence-electron chi connectivity index (χ3n) is 3.45. The number of ether oxygens (including phenoxy) is 1. The maximum absolute atomic E-state index is 13.3. The highest BCUT2D eigenvalue weighted by Crippen LogP contribution is 2.34. The Morgan fingerprint density at radius 3 is 2.52 bits per heavy atom. The Balaban J connectivity index is 2.58. The van der Waals surface area contributed by atoms with Gasteiger partial charge in [-0.25, -0.2) is 9.82 Å². The first-order valence-corrected chi connectivity index (χ1v) is 6.92. The van der Waals surface area contributed by atoms with Gasteiger partial charge in [-0.05, 0) is 48.7 Å². The Labute approximate surface area is 128 Å². The fraction of sp³-hybridized carbons (Fsp3) is 0.250. The van der Waals surface area contributed by atoms with Crippen molar-refractivity contribution in [2.45, 2.75) is 19.9 Å². The molecule has 0 aliphatic heterocycles. The molecule has 0 bridgehead atoms. The topological polar surface area (TPSA) is 47.3 Å². The van der Waals surface area contributed by atoms with E-state index >= 15 is 0 Å². The van der Waals surface area contributed by atoms with Gasteiger partial charge in [-0.15, -0.1) is 0 Å². The highest BCUT2D eigenvalue weighted by Gasteiger charge is 2.20. The van der Waals surface area contributed by atoms with Gasteiger partial charge in [0.25, 0.3) is 0 Å². The molecule has 0 fully saturated rings. The molecule has 3 nitrogen and oxygen atoms in total. The van der Waals surface area contributed by atoms with E-state index in [1.165, 1.54) is 6.07 Å². The van der Waals surface area contributed by atoms with Gasteiger partial charge >= 0.3 is 0 Å². The molecule has 2 aromatic carbocycles. The summed E-state index contributed by atoms with van der Waals surface area (Å²) < 4.78 is 18.8. The van der Waals surface area contributed by atoms with Crippen molar-refractivity contribution in [2.24, 2.45) is 5.84 Å². The fourth-order valence-corrected chi connectivity index (χ4v) is 2.71. The van der Waals surface area contributed by atoms with Crippen LogP contribution in [0.4, 0.5) is 4.39 Å². The van der Waals surface area contributed by atoms with E-state index in [0.717, 1.165) is 28.0 Å². The van der Waals surface area contributed by atoms with E-state index in [9.17, 15) is 4.39 Å². The molecule has 0 heterocycles. The van der Waals surface area contributed by atoms with E-state index in [-0.39, 0.29) is 11.1 Å². The van der Waals surface area contributed by atoms with Crippen molar-refractivity contribution >= 4 is 11.6 Å². The number of hydrazine groups is 1. The molecule has 0 saturated heterocycles. The van der Waals surface area contributed by atoms with Crippen LogP contribution < -0.4 is 16.0 Å². The molecule has 0 aliphatic carbocycles. The number of halogens is 2. The zero-order valence-electron chi connectivity index (χ0n) is 12.2.